The van der Waals surface area contributed by atoms with Crippen molar-refractivity contribution in [2.45, 2.75) is 65.1 Å². The van der Waals surface area contributed by atoms with Crippen LogP contribution in [0.25, 0.3) is 0 Å². The van der Waals surface area contributed by atoms with Crippen LogP contribution < -0.4 is 0 Å². The molecule has 0 aromatic rings. The maximum absolute atomic E-state index is 11.4. The van der Waals surface area contributed by atoms with Gasteiger partial charge in [-0.2, -0.15) is 0 Å². The molecule has 0 saturated carbocycles. The molecule has 0 amide bonds. The summed E-state index contributed by atoms with van der Waals surface area (Å²) in [6, 6.07) is 0. The molecule has 5 atom stereocenters. The summed E-state index contributed by atoms with van der Waals surface area (Å²) in [6.45, 7) is 6.17. The smallest absolute Gasteiger partial charge is 0.303 e. The topological polar surface area (TPSA) is 114 Å². The monoisotopic (exact) mass is 346 g/mol. The van der Waals surface area contributed by atoms with Crippen molar-refractivity contribution in [1.82, 2.24) is 0 Å². The third-order valence-corrected chi connectivity index (χ3v) is 3.22. The molecule has 9 heteroatoms. The molecule has 1 fully saturated rings. The van der Waals surface area contributed by atoms with E-state index < -0.39 is 54.4 Å². The molecule has 0 aliphatic carbocycles. The van der Waals surface area contributed by atoms with Crippen LogP contribution in [0.2, 0.25) is 0 Å². The van der Waals surface area contributed by atoms with Crippen LogP contribution in [0, 0.1) is 0 Å². The molecule has 1 saturated heterocycles. The second-order valence-corrected chi connectivity index (χ2v) is 5.40. The maximum atomic E-state index is 11.4. The standard InChI is InChI=1S/C15H22O9/c1-7-13(22-9(3)17)15(24-11(5)19)14(23-10(4)18)12(21-7)6-20-8(2)16/h7,12-15H,6H2,1-5H3/t7-,12?,13?,14-,15+/m0/s1. The molecule has 1 aliphatic rings. The van der Waals surface area contributed by atoms with E-state index in [0.29, 0.717) is 0 Å². The van der Waals surface area contributed by atoms with E-state index >= 15 is 0 Å². The second-order valence-electron chi connectivity index (χ2n) is 5.40. The van der Waals surface area contributed by atoms with Crippen molar-refractivity contribution >= 4 is 23.9 Å². The molecule has 0 aromatic heterocycles. The molecule has 9 nitrogen and oxygen atoms in total. The second kappa shape index (κ2) is 8.62. The molecule has 0 N–H and O–H groups in total. The summed E-state index contributed by atoms with van der Waals surface area (Å²) in [5.74, 6) is -2.44. The van der Waals surface area contributed by atoms with Crippen molar-refractivity contribution in [3.05, 3.63) is 0 Å². The molecule has 0 radical (unpaired) electrons. The minimum absolute atomic E-state index is 0.206. The number of hydrogen-bond donors (Lipinski definition) is 0. The summed E-state index contributed by atoms with van der Waals surface area (Å²) in [5, 5.41) is 0. The Bertz CT molecular complexity index is 501. The van der Waals surface area contributed by atoms with Gasteiger partial charge >= 0.3 is 23.9 Å². The fourth-order valence-electron chi connectivity index (χ4n) is 2.44. The number of ether oxygens (including phenoxy) is 5. The molecule has 24 heavy (non-hydrogen) atoms. The van der Waals surface area contributed by atoms with Gasteiger partial charge in [0.2, 0.25) is 0 Å². The normalized spacial score (nSPS) is 29.3. The Hall–Kier alpha value is -2.16. The molecule has 2 unspecified atom stereocenters. The number of esters is 4. The molecule has 1 heterocycles. The van der Waals surface area contributed by atoms with Gasteiger partial charge in [-0.05, 0) is 6.92 Å². The predicted octanol–water partition coefficient (Wildman–Crippen LogP) is 0.132. The van der Waals surface area contributed by atoms with Crippen molar-refractivity contribution in [1.29, 1.82) is 0 Å². The zero-order valence-corrected chi connectivity index (χ0v) is 14.3. The van der Waals surface area contributed by atoms with E-state index in [1.165, 1.54) is 27.7 Å². The van der Waals surface area contributed by atoms with E-state index in [-0.39, 0.29) is 6.61 Å². The van der Waals surface area contributed by atoms with Crippen LogP contribution in [0.3, 0.4) is 0 Å². The molecule has 0 aromatic carbocycles. The third-order valence-electron chi connectivity index (χ3n) is 3.22. The van der Waals surface area contributed by atoms with Gasteiger partial charge in [-0.1, -0.05) is 0 Å². The first-order valence-electron chi connectivity index (χ1n) is 7.42. The van der Waals surface area contributed by atoms with Gasteiger partial charge in [-0.3, -0.25) is 19.2 Å². The zero-order chi connectivity index (χ0) is 18.4. The van der Waals surface area contributed by atoms with E-state index in [0.717, 1.165) is 0 Å². The van der Waals surface area contributed by atoms with Crippen molar-refractivity contribution in [3.63, 3.8) is 0 Å². The van der Waals surface area contributed by atoms with Gasteiger partial charge in [0.25, 0.3) is 0 Å². The van der Waals surface area contributed by atoms with Crippen molar-refractivity contribution in [3.8, 4) is 0 Å². The van der Waals surface area contributed by atoms with Crippen LogP contribution in [0.1, 0.15) is 34.6 Å². The Morgan fingerprint density at radius 2 is 1.21 bits per heavy atom. The Morgan fingerprint density at radius 1 is 0.750 bits per heavy atom. The van der Waals surface area contributed by atoms with Crippen molar-refractivity contribution in [2.75, 3.05) is 6.61 Å². The predicted molar refractivity (Wildman–Crippen MR) is 77.6 cm³/mol. The summed E-state index contributed by atoms with van der Waals surface area (Å²) < 4.78 is 26.1. The van der Waals surface area contributed by atoms with E-state index in [1.807, 2.05) is 0 Å². The highest BCUT2D eigenvalue weighted by atomic mass is 16.7. The van der Waals surface area contributed by atoms with Gasteiger partial charge in [0.1, 0.15) is 12.7 Å². The Kier molecular flexibility index (Phi) is 7.15. The SMILES string of the molecule is CC(=O)OCC1O[C@@H](C)C(OC(C)=O)[C@@H](OC(C)=O)[C@H]1OC(C)=O. The molecular formula is C15H22O9. The van der Waals surface area contributed by atoms with Gasteiger partial charge < -0.3 is 23.7 Å². The first kappa shape index (κ1) is 19.9. The Morgan fingerprint density at radius 3 is 1.67 bits per heavy atom. The fraction of sp³-hybridized carbons (Fsp3) is 0.733. The van der Waals surface area contributed by atoms with Gasteiger partial charge in [0.15, 0.2) is 18.3 Å². The minimum atomic E-state index is -1.09. The number of rotatable bonds is 5. The van der Waals surface area contributed by atoms with Gasteiger partial charge in [0.05, 0.1) is 6.10 Å². The summed E-state index contributed by atoms with van der Waals surface area (Å²) in [6.07, 6.45) is -4.69. The van der Waals surface area contributed by atoms with E-state index in [1.54, 1.807) is 6.92 Å². The average molecular weight is 346 g/mol. The number of hydrogen-bond acceptors (Lipinski definition) is 9. The fourth-order valence-corrected chi connectivity index (χ4v) is 2.44. The van der Waals surface area contributed by atoms with Crippen molar-refractivity contribution < 1.29 is 42.9 Å². The summed E-state index contributed by atoms with van der Waals surface area (Å²) in [5.41, 5.74) is 0. The number of carbonyl (C=O) groups excluding carboxylic acids is 4. The van der Waals surface area contributed by atoms with Crippen LogP contribution in [0.15, 0.2) is 0 Å². The number of carbonyl (C=O) groups is 4. The lowest BCUT2D eigenvalue weighted by Gasteiger charge is -2.43. The van der Waals surface area contributed by atoms with Crippen LogP contribution in [-0.4, -0.2) is 61.0 Å². The highest BCUT2D eigenvalue weighted by Crippen LogP contribution is 2.28. The first-order chi connectivity index (χ1) is 11.1. The molecule has 136 valence electrons. The maximum Gasteiger partial charge on any atom is 0.303 e. The lowest BCUT2D eigenvalue weighted by Crippen LogP contribution is -2.61. The van der Waals surface area contributed by atoms with Gasteiger partial charge in [0, 0.05) is 27.7 Å². The lowest BCUT2D eigenvalue weighted by atomic mass is 9.95. The van der Waals surface area contributed by atoms with E-state index in [2.05, 4.69) is 0 Å². The molecule has 0 spiro atoms. The van der Waals surface area contributed by atoms with Crippen LogP contribution in [0.4, 0.5) is 0 Å². The van der Waals surface area contributed by atoms with Gasteiger partial charge in [-0.25, -0.2) is 0 Å². The quantitative estimate of drug-likeness (QED) is 0.506. The van der Waals surface area contributed by atoms with Crippen LogP contribution in [0.5, 0.6) is 0 Å². The highest BCUT2D eigenvalue weighted by molar-refractivity contribution is 5.68. The van der Waals surface area contributed by atoms with E-state index in [9.17, 15) is 19.2 Å². The van der Waals surface area contributed by atoms with Crippen LogP contribution >= 0.6 is 0 Å². The Labute approximate surface area is 139 Å². The van der Waals surface area contributed by atoms with Crippen molar-refractivity contribution in [2.24, 2.45) is 0 Å². The molecular weight excluding hydrogens is 324 g/mol. The average Bonchev–Trinajstić information content (AvgIpc) is 2.42. The highest BCUT2D eigenvalue weighted by Gasteiger charge is 2.50. The zero-order valence-electron chi connectivity index (χ0n) is 14.3. The first-order valence-corrected chi connectivity index (χ1v) is 7.42. The van der Waals surface area contributed by atoms with Gasteiger partial charge in [-0.15, -0.1) is 0 Å². The lowest BCUT2D eigenvalue weighted by molar-refractivity contribution is -0.249. The largest absolute Gasteiger partial charge is 0.463 e. The Balaban J connectivity index is 3.11. The van der Waals surface area contributed by atoms with E-state index in [4.69, 9.17) is 23.7 Å². The van der Waals surface area contributed by atoms with Crippen LogP contribution in [-0.2, 0) is 42.9 Å². The molecule has 1 rings (SSSR count). The third kappa shape index (κ3) is 5.80. The summed E-state index contributed by atoms with van der Waals surface area (Å²) in [4.78, 5) is 45.2. The molecule has 0 bridgehead atoms. The summed E-state index contributed by atoms with van der Waals surface area (Å²) >= 11 is 0. The minimum Gasteiger partial charge on any atom is -0.463 e. The summed E-state index contributed by atoms with van der Waals surface area (Å²) in [7, 11) is 0. The molecule has 1 aliphatic heterocycles.